The molecule has 1 rings (SSSR count). The van der Waals surface area contributed by atoms with Crippen molar-refractivity contribution in [1.82, 2.24) is 15.3 Å². The predicted octanol–water partition coefficient (Wildman–Crippen LogP) is -1.68. The van der Waals surface area contributed by atoms with Crippen LogP contribution in [0.25, 0.3) is 0 Å². The highest BCUT2D eigenvalue weighted by Gasteiger charge is 2.16. The van der Waals surface area contributed by atoms with Gasteiger partial charge in [0.2, 0.25) is 11.9 Å². The van der Waals surface area contributed by atoms with E-state index in [-0.39, 0.29) is 29.0 Å². The first-order valence-electron chi connectivity index (χ1n) is 5.07. The maximum absolute atomic E-state index is 11.8. The summed E-state index contributed by atoms with van der Waals surface area (Å²) in [6.07, 6.45) is 0. The third kappa shape index (κ3) is 3.76. The molecule has 0 bridgehead atoms. The molecule has 0 aliphatic rings. The van der Waals surface area contributed by atoms with E-state index in [9.17, 15) is 9.59 Å². The maximum Gasteiger partial charge on any atom is 0.302 e. The average molecular weight is 299 g/mol. The molecule has 0 fully saturated rings. The number of hydrogen-bond acceptors (Lipinski definition) is 7. The third-order valence-corrected chi connectivity index (χ3v) is 2.16. The number of halogens is 1. The summed E-state index contributed by atoms with van der Waals surface area (Å²) >= 11 is 5.70. The quantitative estimate of drug-likeness (QED) is 0.250. The molecule has 2 amide bonds. The topological polar surface area (TPSA) is 174 Å². The molecule has 1 heterocycles. The zero-order valence-corrected chi connectivity index (χ0v) is 10.8. The largest absolute Gasteiger partial charge is 0.382 e. The van der Waals surface area contributed by atoms with Gasteiger partial charge < -0.3 is 22.5 Å². The van der Waals surface area contributed by atoms with Crippen LogP contribution in [0.2, 0.25) is 5.15 Å². The molecule has 0 aromatic carbocycles. The number of rotatable bonds is 3. The lowest BCUT2D eigenvalue weighted by atomic mass is 10.4. The first-order chi connectivity index (χ1) is 9.38. The van der Waals surface area contributed by atoms with Crippen molar-refractivity contribution in [3.63, 3.8) is 0 Å². The van der Waals surface area contributed by atoms with Crippen molar-refractivity contribution in [2.45, 2.75) is 0 Å². The van der Waals surface area contributed by atoms with Gasteiger partial charge in [-0.25, -0.2) is 9.97 Å². The zero-order chi connectivity index (χ0) is 15.3. The van der Waals surface area contributed by atoms with Gasteiger partial charge in [0.05, 0.1) is 13.6 Å². The summed E-state index contributed by atoms with van der Waals surface area (Å²) < 4.78 is 0. The Kier molecular flexibility index (Phi) is 5.17. The summed E-state index contributed by atoms with van der Waals surface area (Å²) in [6.45, 7) is -0.310. The Morgan fingerprint density at radius 3 is 2.60 bits per heavy atom. The molecule has 10 nitrogen and oxygen atoms in total. The van der Waals surface area contributed by atoms with Gasteiger partial charge in [0.25, 0.3) is 0 Å². The number of nitrogens with zero attached hydrogens (tertiary/aromatic N) is 3. The second-order valence-corrected chi connectivity index (χ2v) is 3.65. The van der Waals surface area contributed by atoms with E-state index in [2.05, 4.69) is 25.6 Å². The van der Waals surface area contributed by atoms with E-state index in [0.29, 0.717) is 0 Å². The summed E-state index contributed by atoms with van der Waals surface area (Å²) in [5, 5.41) is 4.05. The van der Waals surface area contributed by atoms with Crippen LogP contribution in [0.5, 0.6) is 0 Å². The van der Waals surface area contributed by atoms with Gasteiger partial charge in [-0.2, -0.15) is 4.99 Å². The number of hydrogen-bond donors (Lipinski definition) is 5. The summed E-state index contributed by atoms with van der Waals surface area (Å²) in [4.78, 5) is 33.5. The lowest BCUT2D eigenvalue weighted by Crippen LogP contribution is -2.40. The fourth-order valence-electron chi connectivity index (χ4n) is 1.06. The van der Waals surface area contributed by atoms with Gasteiger partial charge in [-0.15, -0.1) is 0 Å². The third-order valence-electron chi connectivity index (χ3n) is 1.89. The molecular weight excluding hydrogens is 288 g/mol. The van der Waals surface area contributed by atoms with E-state index in [1.165, 1.54) is 0 Å². The predicted molar refractivity (Wildman–Crippen MR) is 72.5 cm³/mol. The summed E-state index contributed by atoms with van der Waals surface area (Å²) in [5.74, 6) is -2.26. The Labute approximate surface area is 118 Å². The van der Waals surface area contributed by atoms with Gasteiger partial charge in [0, 0.05) is 0 Å². The number of carbonyl (C=O) groups is 2. The number of nitrogen functional groups attached to an aromatic ring is 1. The first-order valence-corrected chi connectivity index (χ1v) is 5.44. The van der Waals surface area contributed by atoms with Crippen molar-refractivity contribution in [3.05, 3.63) is 17.9 Å². The zero-order valence-electron chi connectivity index (χ0n) is 10.1. The molecule has 0 spiro atoms. The van der Waals surface area contributed by atoms with Crippen LogP contribution < -0.4 is 27.8 Å². The molecule has 11 heteroatoms. The van der Waals surface area contributed by atoms with E-state index in [4.69, 9.17) is 35.8 Å². The van der Waals surface area contributed by atoms with Crippen molar-refractivity contribution in [1.29, 1.82) is 0 Å². The smallest absolute Gasteiger partial charge is 0.302 e. The normalized spacial score (nSPS) is 11.1. The van der Waals surface area contributed by atoms with E-state index in [1.807, 2.05) is 0 Å². The fourth-order valence-corrected chi connectivity index (χ4v) is 1.24. The van der Waals surface area contributed by atoms with Crippen LogP contribution in [0, 0.1) is 7.05 Å². The van der Waals surface area contributed by atoms with Gasteiger partial charge in [0.1, 0.15) is 0 Å². The van der Waals surface area contributed by atoms with Crippen molar-refractivity contribution >= 4 is 41.0 Å². The summed E-state index contributed by atoms with van der Waals surface area (Å²) in [5.41, 5.74) is 15.5. The Hall–Kier alpha value is -2.46. The van der Waals surface area contributed by atoms with Gasteiger partial charge >= 0.3 is 5.91 Å². The molecule has 20 heavy (non-hydrogen) atoms. The number of nitrogens with one attached hydrogen (secondary N) is 2. The van der Waals surface area contributed by atoms with Crippen molar-refractivity contribution in [2.24, 2.45) is 16.5 Å². The highest BCUT2D eigenvalue weighted by Crippen LogP contribution is 2.20. The molecule has 1 aromatic heterocycles. The minimum Gasteiger partial charge on any atom is -0.382 e. The Morgan fingerprint density at radius 1 is 1.40 bits per heavy atom. The lowest BCUT2D eigenvalue weighted by molar-refractivity contribution is -0.118. The van der Waals surface area contributed by atoms with Gasteiger partial charge in [0.15, 0.2) is 22.5 Å². The van der Waals surface area contributed by atoms with Crippen LogP contribution in [0.15, 0.2) is 4.99 Å². The van der Waals surface area contributed by atoms with E-state index >= 15 is 0 Å². The fraction of sp³-hybridized carbons (Fsp3) is 0.111. The van der Waals surface area contributed by atoms with E-state index in [1.54, 1.807) is 0 Å². The highest BCUT2D eigenvalue weighted by atomic mass is 35.5. The Morgan fingerprint density at radius 2 is 2.05 bits per heavy atom. The Balaban J connectivity index is 3.01. The summed E-state index contributed by atoms with van der Waals surface area (Å²) in [7, 11) is 5.11. The first kappa shape index (κ1) is 15.6. The number of aromatic nitrogens is 2. The van der Waals surface area contributed by atoms with Crippen LogP contribution in [0.4, 0.5) is 11.6 Å². The van der Waals surface area contributed by atoms with Crippen molar-refractivity contribution in [2.75, 3.05) is 17.6 Å². The number of carbonyl (C=O) groups excluding carboxylic acids is 2. The maximum atomic E-state index is 11.8. The second-order valence-electron chi connectivity index (χ2n) is 3.30. The Bertz CT molecular complexity index is 573. The van der Waals surface area contributed by atoms with Crippen LogP contribution >= 0.6 is 11.6 Å². The minimum atomic E-state index is -0.935. The van der Waals surface area contributed by atoms with Gasteiger partial charge in [-0.1, -0.05) is 11.6 Å². The average Bonchev–Trinajstić information content (AvgIpc) is 2.40. The number of nitrogens with two attached hydrogens (primary N) is 3. The molecule has 0 saturated heterocycles. The van der Waals surface area contributed by atoms with E-state index < -0.39 is 17.8 Å². The number of aliphatic imine (C=N–C) groups is 1. The van der Waals surface area contributed by atoms with Crippen LogP contribution in [0.1, 0.15) is 10.5 Å². The van der Waals surface area contributed by atoms with Crippen LogP contribution in [-0.2, 0) is 4.79 Å². The molecule has 0 saturated carbocycles. The van der Waals surface area contributed by atoms with Crippen LogP contribution in [0.3, 0.4) is 0 Å². The SMILES string of the molecule is [CH]Nc1nc(N)c(C(=O)N=C(N)NC(=O)CN)nc1Cl. The molecule has 0 aliphatic carbocycles. The summed E-state index contributed by atoms with van der Waals surface area (Å²) in [6, 6.07) is 0. The monoisotopic (exact) mass is 298 g/mol. The number of anilines is 2. The van der Waals surface area contributed by atoms with Crippen molar-refractivity contribution in [3.8, 4) is 0 Å². The molecule has 1 aromatic rings. The number of guanidine groups is 1. The molecule has 0 unspecified atom stereocenters. The van der Waals surface area contributed by atoms with Crippen molar-refractivity contribution < 1.29 is 9.59 Å². The standard InChI is InChI=1S/C9H11ClN8O2/c1-14-7-5(10)16-4(6(12)17-7)8(20)18-9(13)15-3(19)2-11/h1H,2,11H2,(H3,12,14,17)(H3,13,15,18,19,20). The van der Waals surface area contributed by atoms with Crippen LogP contribution in [-0.4, -0.2) is 34.3 Å². The number of amides is 2. The lowest BCUT2D eigenvalue weighted by Gasteiger charge is -2.06. The molecule has 2 radical (unpaired) electrons. The minimum absolute atomic E-state index is 0.00546. The molecule has 0 aliphatic heterocycles. The van der Waals surface area contributed by atoms with E-state index in [0.717, 1.165) is 0 Å². The highest BCUT2D eigenvalue weighted by molar-refractivity contribution is 6.32. The molecule has 106 valence electrons. The van der Waals surface area contributed by atoms with Gasteiger partial charge in [-0.05, 0) is 0 Å². The molecule has 8 N–H and O–H groups in total. The van der Waals surface area contributed by atoms with Gasteiger partial charge in [-0.3, -0.25) is 14.9 Å². The molecular formula is C9H11ClN8O2. The second kappa shape index (κ2) is 6.63. The molecule has 0 atom stereocenters.